The van der Waals surface area contributed by atoms with Crippen molar-refractivity contribution in [1.82, 2.24) is 9.80 Å². The van der Waals surface area contributed by atoms with Crippen LogP contribution in [0.25, 0.3) is 0 Å². The molecule has 0 aliphatic rings. The van der Waals surface area contributed by atoms with E-state index in [1.807, 2.05) is 37.5 Å². The number of hydrogen-bond donors (Lipinski definition) is 1. The van der Waals surface area contributed by atoms with E-state index in [-0.39, 0.29) is 0 Å². The van der Waals surface area contributed by atoms with Crippen molar-refractivity contribution >= 4 is 13.7 Å². The minimum absolute atomic E-state index is 0.521. The second kappa shape index (κ2) is 7.69. The monoisotopic (exact) mass is 265 g/mol. The van der Waals surface area contributed by atoms with Crippen LogP contribution in [0, 0.1) is 0 Å². The Morgan fingerprint density at radius 1 is 1.12 bits per heavy atom. The third-order valence-electron chi connectivity index (χ3n) is 2.55. The highest BCUT2D eigenvalue weighted by Crippen LogP contribution is 2.42. The van der Waals surface area contributed by atoms with E-state index in [1.54, 1.807) is 0 Å². The smallest absolute Gasteiger partial charge is 0.343 e. The maximum Gasteiger partial charge on any atom is 0.454 e. The van der Waals surface area contributed by atoms with Gasteiger partial charge in [-0.05, 0) is 27.7 Å². The molecule has 0 rings (SSSR count). The summed E-state index contributed by atoms with van der Waals surface area (Å²) in [5, 5.41) is 0. The molecule has 6 nitrogen and oxygen atoms in total. The molecule has 0 aromatic rings. The molecule has 0 aromatic carbocycles. The van der Waals surface area contributed by atoms with Crippen molar-refractivity contribution in [3.05, 3.63) is 0 Å². The molecule has 0 fully saturated rings. The zero-order chi connectivity index (χ0) is 13.5. The van der Waals surface area contributed by atoms with E-state index in [2.05, 4.69) is 9.29 Å². The van der Waals surface area contributed by atoms with Crippen molar-refractivity contribution in [1.29, 1.82) is 0 Å². The van der Waals surface area contributed by atoms with E-state index >= 15 is 0 Å². The van der Waals surface area contributed by atoms with E-state index in [0.29, 0.717) is 5.96 Å². The highest BCUT2D eigenvalue weighted by molar-refractivity contribution is 7.51. The van der Waals surface area contributed by atoms with Gasteiger partial charge in [0.2, 0.25) is 5.96 Å². The Labute approximate surface area is 104 Å². The van der Waals surface area contributed by atoms with Crippen molar-refractivity contribution < 1.29 is 14.0 Å². The van der Waals surface area contributed by atoms with E-state index in [4.69, 9.17) is 0 Å². The van der Waals surface area contributed by atoms with Crippen LogP contribution in [-0.2, 0) is 9.09 Å². The topological polar surface area (TPSA) is 65.4 Å². The molecule has 1 atom stereocenters. The van der Waals surface area contributed by atoms with Crippen molar-refractivity contribution in [2.24, 2.45) is 4.76 Å². The van der Waals surface area contributed by atoms with Gasteiger partial charge in [-0.3, -0.25) is 4.52 Å². The summed E-state index contributed by atoms with van der Waals surface area (Å²) in [6, 6.07) is 0. The van der Waals surface area contributed by atoms with Gasteiger partial charge in [0.05, 0.1) is 0 Å². The van der Waals surface area contributed by atoms with E-state index in [1.165, 1.54) is 7.11 Å². The quantitative estimate of drug-likeness (QED) is 0.450. The Morgan fingerprint density at radius 3 is 1.71 bits per heavy atom. The van der Waals surface area contributed by atoms with Crippen LogP contribution in [0.15, 0.2) is 4.76 Å². The van der Waals surface area contributed by atoms with Crippen molar-refractivity contribution in [2.75, 3.05) is 33.3 Å². The van der Waals surface area contributed by atoms with Crippen LogP contribution < -0.4 is 0 Å². The zero-order valence-electron chi connectivity index (χ0n) is 11.4. The Balaban J connectivity index is 5.30. The fraction of sp³-hybridized carbons (Fsp3) is 0.900. The van der Waals surface area contributed by atoms with Gasteiger partial charge in [0.25, 0.3) is 0 Å². The molecule has 0 radical (unpaired) electrons. The molecule has 1 unspecified atom stereocenters. The molecule has 0 aliphatic heterocycles. The summed E-state index contributed by atoms with van der Waals surface area (Å²) in [5.74, 6) is 0.521. The molecular formula is C10H24N3O3P. The number of nitrogens with zero attached hydrogens (tertiary/aromatic N) is 3. The molecule has 0 spiro atoms. The maximum absolute atomic E-state index is 11.6. The van der Waals surface area contributed by atoms with Crippen LogP contribution in [-0.4, -0.2) is 53.9 Å². The minimum Gasteiger partial charge on any atom is -0.343 e. The molecule has 0 aliphatic carbocycles. The lowest BCUT2D eigenvalue weighted by atomic mass is 10.4. The first-order valence-electron chi connectivity index (χ1n) is 5.94. The first-order valence-corrected chi connectivity index (χ1v) is 7.47. The second-order valence-electron chi connectivity index (χ2n) is 3.42. The lowest BCUT2D eigenvalue weighted by molar-refractivity contribution is 0.309. The van der Waals surface area contributed by atoms with Gasteiger partial charge >= 0.3 is 7.75 Å². The van der Waals surface area contributed by atoms with Crippen molar-refractivity contribution in [2.45, 2.75) is 27.7 Å². The summed E-state index contributed by atoms with van der Waals surface area (Å²) in [4.78, 5) is 13.3. The van der Waals surface area contributed by atoms with Gasteiger partial charge in [-0.25, -0.2) is 4.57 Å². The Kier molecular flexibility index (Phi) is 7.43. The van der Waals surface area contributed by atoms with Crippen LogP contribution in [0.2, 0.25) is 0 Å². The van der Waals surface area contributed by atoms with Gasteiger partial charge in [0.15, 0.2) is 0 Å². The average Bonchev–Trinajstić information content (AvgIpc) is 2.31. The van der Waals surface area contributed by atoms with Gasteiger partial charge in [0.1, 0.15) is 0 Å². The third kappa shape index (κ3) is 5.06. The lowest BCUT2D eigenvalue weighted by Crippen LogP contribution is -2.44. The average molecular weight is 265 g/mol. The highest BCUT2D eigenvalue weighted by atomic mass is 31.2. The Hall–Kier alpha value is -0.580. The van der Waals surface area contributed by atoms with Crippen LogP contribution in [0.5, 0.6) is 0 Å². The maximum atomic E-state index is 11.6. The molecule has 0 amide bonds. The van der Waals surface area contributed by atoms with E-state index in [0.717, 1.165) is 26.2 Å². The summed E-state index contributed by atoms with van der Waals surface area (Å²) in [6.45, 7) is 10.9. The summed E-state index contributed by atoms with van der Waals surface area (Å²) < 4.78 is 19.9. The molecule has 17 heavy (non-hydrogen) atoms. The van der Waals surface area contributed by atoms with Gasteiger partial charge in [-0.2, -0.15) is 0 Å². The predicted molar refractivity (Wildman–Crippen MR) is 70.1 cm³/mol. The van der Waals surface area contributed by atoms with Gasteiger partial charge in [0, 0.05) is 33.3 Å². The number of guanidine groups is 1. The fourth-order valence-electron chi connectivity index (χ4n) is 1.49. The molecule has 1 N–H and O–H groups in total. The SMILES string of the molecule is CCN(CC)C(=NP(=O)(O)OC)N(CC)CC. The Bertz CT molecular complexity index is 275. The van der Waals surface area contributed by atoms with Crippen LogP contribution in [0.1, 0.15) is 27.7 Å². The first kappa shape index (κ1) is 16.4. The van der Waals surface area contributed by atoms with Crippen molar-refractivity contribution in [3.8, 4) is 0 Å². The van der Waals surface area contributed by atoms with Gasteiger partial charge in [-0.15, -0.1) is 4.76 Å². The van der Waals surface area contributed by atoms with Crippen LogP contribution >= 0.6 is 7.75 Å². The van der Waals surface area contributed by atoms with E-state index in [9.17, 15) is 9.46 Å². The predicted octanol–water partition coefficient (Wildman–Crippen LogP) is 1.77. The van der Waals surface area contributed by atoms with Crippen LogP contribution in [0.4, 0.5) is 0 Å². The largest absolute Gasteiger partial charge is 0.454 e. The third-order valence-corrected chi connectivity index (χ3v) is 3.45. The fourth-order valence-corrected chi connectivity index (χ4v) is 2.05. The second-order valence-corrected chi connectivity index (χ2v) is 4.96. The zero-order valence-corrected chi connectivity index (χ0v) is 12.3. The molecule has 0 saturated heterocycles. The molecule has 102 valence electrons. The summed E-state index contributed by atoms with van der Waals surface area (Å²) >= 11 is 0. The summed E-state index contributed by atoms with van der Waals surface area (Å²) in [7, 11) is -2.70. The van der Waals surface area contributed by atoms with E-state index < -0.39 is 7.75 Å². The first-order chi connectivity index (χ1) is 7.95. The standard InChI is InChI=1S/C10H24N3O3P/c1-6-12(7-2)10(13(8-3)9-4)11-17(14,15)16-5/h6-9H2,1-5H3,(H,14,15). The lowest BCUT2D eigenvalue weighted by Gasteiger charge is -2.31. The number of rotatable bonds is 6. The van der Waals surface area contributed by atoms with Gasteiger partial charge < -0.3 is 14.7 Å². The molecule has 0 heterocycles. The van der Waals surface area contributed by atoms with Crippen molar-refractivity contribution in [3.63, 3.8) is 0 Å². The minimum atomic E-state index is -3.89. The Morgan fingerprint density at radius 2 is 1.47 bits per heavy atom. The molecule has 0 saturated carbocycles. The van der Waals surface area contributed by atoms with Crippen LogP contribution in [0.3, 0.4) is 0 Å². The number of hydrogen-bond acceptors (Lipinski definition) is 2. The summed E-state index contributed by atoms with van der Waals surface area (Å²) in [6.07, 6.45) is 0. The molecular weight excluding hydrogens is 241 g/mol. The molecule has 0 bridgehead atoms. The molecule has 0 aromatic heterocycles. The highest BCUT2D eigenvalue weighted by Gasteiger charge is 2.22. The molecule has 7 heteroatoms. The van der Waals surface area contributed by atoms with Gasteiger partial charge in [-0.1, -0.05) is 0 Å². The normalized spacial score (nSPS) is 14.0. The summed E-state index contributed by atoms with van der Waals surface area (Å²) in [5.41, 5.74) is 0.